The number of carbonyl (C=O) groups excluding carboxylic acids is 1. The molecule has 3 heterocycles. The van der Waals surface area contributed by atoms with Gasteiger partial charge in [0.05, 0.1) is 36.3 Å². The molecule has 0 saturated heterocycles. The summed E-state index contributed by atoms with van der Waals surface area (Å²) in [6.07, 6.45) is 1.89. The Kier molecular flexibility index (Phi) is 4.91. The third-order valence-electron chi connectivity index (χ3n) is 5.12. The van der Waals surface area contributed by atoms with E-state index in [1.54, 1.807) is 28.6 Å². The molecule has 0 N–H and O–H groups in total. The fourth-order valence-corrected chi connectivity index (χ4v) is 3.83. The molecule has 3 aromatic rings. The minimum absolute atomic E-state index is 0.168. The highest BCUT2D eigenvalue weighted by Crippen LogP contribution is 2.30. The minimum atomic E-state index is -0.219. The summed E-state index contributed by atoms with van der Waals surface area (Å²) in [5.74, 6) is 1.38. The number of hydrogen-bond acceptors (Lipinski definition) is 6. The molecule has 1 aliphatic heterocycles. The van der Waals surface area contributed by atoms with Crippen molar-refractivity contribution in [1.29, 1.82) is 0 Å². The van der Waals surface area contributed by atoms with Crippen LogP contribution in [-0.4, -0.2) is 57.4 Å². The SMILES string of the molecule is COc1cc2nc3n(c(=O)c2cc1OC)CCN(C(=O)c1c(Cl)cnn1C)CC3. The van der Waals surface area contributed by atoms with Crippen LogP contribution in [0.3, 0.4) is 0 Å². The van der Waals surface area contributed by atoms with Crippen molar-refractivity contribution >= 4 is 28.4 Å². The quantitative estimate of drug-likeness (QED) is 0.641. The number of methoxy groups -OCH3 is 2. The summed E-state index contributed by atoms with van der Waals surface area (Å²) >= 11 is 6.12. The third-order valence-corrected chi connectivity index (χ3v) is 5.40. The molecule has 0 bridgehead atoms. The zero-order chi connectivity index (χ0) is 20.7. The number of aryl methyl sites for hydroxylation is 1. The lowest BCUT2D eigenvalue weighted by Crippen LogP contribution is -2.35. The monoisotopic (exact) mass is 417 g/mol. The molecule has 0 atom stereocenters. The van der Waals surface area contributed by atoms with Crippen LogP contribution in [0, 0.1) is 0 Å². The number of benzene rings is 1. The standard InChI is InChI=1S/C19H20ClN5O4/c1-23-17(12(20)10-21-23)19(27)24-5-4-16-22-13-9-15(29-3)14(28-2)8-11(13)18(26)25(16)7-6-24/h8-10H,4-7H2,1-3H3. The molecule has 2 aromatic heterocycles. The van der Waals surface area contributed by atoms with Gasteiger partial charge < -0.3 is 14.4 Å². The number of nitrogens with zero attached hydrogens (tertiary/aromatic N) is 5. The van der Waals surface area contributed by atoms with Gasteiger partial charge in [-0.25, -0.2) is 4.98 Å². The Morgan fingerprint density at radius 1 is 1.14 bits per heavy atom. The molecule has 29 heavy (non-hydrogen) atoms. The van der Waals surface area contributed by atoms with Crippen LogP contribution in [0.2, 0.25) is 5.02 Å². The van der Waals surface area contributed by atoms with Gasteiger partial charge in [0, 0.05) is 39.2 Å². The van der Waals surface area contributed by atoms with Crippen LogP contribution in [-0.2, 0) is 20.0 Å². The van der Waals surface area contributed by atoms with E-state index in [9.17, 15) is 9.59 Å². The lowest BCUT2D eigenvalue weighted by molar-refractivity contribution is 0.0748. The fraction of sp³-hybridized carbons (Fsp3) is 0.368. The molecular weight excluding hydrogens is 398 g/mol. The van der Waals surface area contributed by atoms with Gasteiger partial charge in [-0.05, 0) is 6.07 Å². The minimum Gasteiger partial charge on any atom is -0.493 e. The number of ether oxygens (including phenoxy) is 2. The molecule has 0 aliphatic carbocycles. The molecule has 1 amide bonds. The first kappa shape index (κ1) is 19.3. The van der Waals surface area contributed by atoms with Crippen molar-refractivity contribution in [2.24, 2.45) is 7.05 Å². The second-order valence-electron chi connectivity index (χ2n) is 6.72. The largest absolute Gasteiger partial charge is 0.493 e. The molecule has 0 unspecified atom stereocenters. The first-order chi connectivity index (χ1) is 13.9. The van der Waals surface area contributed by atoms with Gasteiger partial charge in [0.1, 0.15) is 11.5 Å². The molecule has 10 heteroatoms. The zero-order valence-electron chi connectivity index (χ0n) is 16.3. The van der Waals surface area contributed by atoms with E-state index in [1.807, 2.05) is 0 Å². The summed E-state index contributed by atoms with van der Waals surface area (Å²) < 4.78 is 13.7. The number of halogens is 1. The highest BCUT2D eigenvalue weighted by atomic mass is 35.5. The van der Waals surface area contributed by atoms with E-state index in [-0.39, 0.29) is 11.5 Å². The molecule has 0 saturated carbocycles. The normalized spacial score (nSPS) is 13.9. The van der Waals surface area contributed by atoms with Gasteiger partial charge in [-0.1, -0.05) is 11.6 Å². The van der Waals surface area contributed by atoms with Gasteiger partial charge in [0.2, 0.25) is 0 Å². The van der Waals surface area contributed by atoms with Crippen LogP contribution in [0.4, 0.5) is 0 Å². The second kappa shape index (κ2) is 7.40. The van der Waals surface area contributed by atoms with E-state index < -0.39 is 0 Å². The van der Waals surface area contributed by atoms with Gasteiger partial charge in [-0.2, -0.15) is 5.10 Å². The summed E-state index contributed by atoms with van der Waals surface area (Å²) in [4.78, 5) is 32.4. The molecule has 0 radical (unpaired) electrons. The molecular formula is C19H20ClN5O4. The van der Waals surface area contributed by atoms with Crippen molar-refractivity contribution in [3.8, 4) is 11.5 Å². The molecule has 152 valence electrons. The second-order valence-corrected chi connectivity index (χ2v) is 7.12. The van der Waals surface area contributed by atoms with Crippen LogP contribution in [0.1, 0.15) is 16.3 Å². The van der Waals surface area contributed by atoms with Gasteiger partial charge in [0.25, 0.3) is 11.5 Å². The number of hydrogen-bond donors (Lipinski definition) is 0. The number of fused-ring (bicyclic) bond motifs is 2. The highest BCUT2D eigenvalue weighted by Gasteiger charge is 2.26. The first-order valence-electron chi connectivity index (χ1n) is 9.06. The first-order valence-corrected chi connectivity index (χ1v) is 9.44. The van der Waals surface area contributed by atoms with Crippen molar-refractivity contribution in [2.75, 3.05) is 27.3 Å². The van der Waals surface area contributed by atoms with Crippen molar-refractivity contribution in [3.63, 3.8) is 0 Å². The molecule has 0 fully saturated rings. The van der Waals surface area contributed by atoms with Crippen molar-refractivity contribution in [2.45, 2.75) is 13.0 Å². The number of carbonyl (C=O) groups is 1. The third kappa shape index (κ3) is 3.21. The van der Waals surface area contributed by atoms with Crippen molar-refractivity contribution in [1.82, 2.24) is 24.2 Å². The van der Waals surface area contributed by atoms with Crippen LogP contribution >= 0.6 is 11.6 Å². The Balaban J connectivity index is 1.71. The van der Waals surface area contributed by atoms with Crippen LogP contribution in [0.15, 0.2) is 23.1 Å². The Morgan fingerprint density at radius 2 is 1.86 bits per heavy atom. The van der Waals surface area contributed by atoms with E-state index >= 15 is 0 Å². The summed E-state index contributed by atoms with van der Waals surface area (Å²) in [7, 11) is 4.73. The maximum Gasteiger partial charge on any atom is 0.273 e. The smallest absolute Gasteiger partial charge is 0.273 e. The average Bonchev–Trinajstić information content (AvgIpc) is 2.92. The maximum absolute atomic E-state index is 13.1. The van der Waals surface area contributed by atoms with Gasteiger partial charge >= 0.3 is 0 Å². The zero-order valence-corrected chi connectivity index (χ0v) is 17.1. The summed E-state index contributed by atoms with van der Waals surface area (Å²) in [6, 6.07) is 3.33. The van der Waals surface area contributed by atoms with E-state index in [0.717, 1.165) is 0 Å². The van der Waals surface area contributed by atoms with E-state index in [0.29, 0.717) is 65.0 Å². The fourth-order valence-electron chi connectivity index (χ4n) is 3.59. The predicted molar refractivity (Wildman–Crippen MR) is 107 cm³/mol. The molecule has 1 aromatic carbocycles. The lowest BCUT2D eigenvalue weighted by Gasteiger charge is -2.20. The summed E-state index contributed by atoms with van der Waals surface area (Å²) in [5.41, 5.74) is 0.699. The molecule has 9 nitrogen and oxygen atoms in total. The number of rotatable bonds is 3. The lowest BCUT2D eigenvalue weighted by atomic mass is 10.2. The van der Waals surface area contributed by atoms with Gasteiger partial charge in [-0.15, -0.1) is 0 Å². The Labute approximate surface area is 171 Å². The summed E-state index contributed by atoms with van der Waals surface area (Å²) in [5, 5.41) is 4.78. The Morgan fingerprint density at radius 3 is 2.52 bits per heavy atom. The van der Waals surface area contributed by atoms with Crippen LogP contribution in [0.25, 0.3) is 10.9 Å². The van der Waals surface area contributed by atoms with Crippen molar-refractivity contribution in [3.05, 3.63) is 45.2 Å². The topological polar surface area (TPSA) is 91.5 Å². The highest BCUT2D eigenvalue weighted by molar-refractivity contribution is 6.33. The molecule has 0 spiro atoms. The van der Waals surface area contributed by atoms with E-state index in [2.05, 4.69) is 10.1 Å². The molecule has 4 rings (SSSR count). The maximum atomic E-state index is 13.1. The predicted octanol–water partition coefficient (Wildman–Crippen LogP) is 1.50. The Hall–Kier alpha value is -3.07. The number of amides is 1. The summed E-state index contributed by atoms with van der Waals surface area (Å²) in [6.45, 7) is 1.13. The van der Waals surface area contributed by atoms with Crippen LogP contribution < -0.4 is 15.0 Å². The molecule has 1 aliphatic rings. The van der Waals surface area contributed by atoms with E-state index in [1.165, 1.54) is 25.1 Å². The average molecular weight is 418 g/mol. The van der Waals surface area contributed by atoms with Crippen LogP contribution in [0.5, 0.6) is 11.5 Å². The number of aromatic nitrogens is 4. The van der Waals surface area contributed by atoms with E-state index in [4.69, 9.17) is 21.1 Å². The van der Waals surface area contributed by atoms with Gasteiger partial charge in [-0.3, -0.25) is 18.8 Å². The van der Waals surface area contributed by atoms with Gasteiger partial charge in [0.15, 0.2) is 11.5 Å². The Bertz CT molecular complexity index is 1150. The van der Waals surface area contributed by atoms with Crippen molar-refractivity contribution < 1.29 is 14.3 Å².